The highest BCUT2D eigenvalue weighted by Gasteiger charge is 2.12. The molecule has 0 saturated heterocycles. The topological polar surface area (TPSA) is 100 Å². The van der Waals surface area contributed by atoms with Crippen molar-refractivity contribution in [3.8, 4) is 23.0 Å². The summed E-state index contributed by atoms with van der Waals surface area (Å²) in [5.41, 5.74) is 8.89. The van der Waals surface area contributed by atoms with Gasteiger partial charge in [-0.25, -0.2) is 4.79 Å². The van der Waals surface area contributed by atoms with Crippen molar-refractivity contribution < 1.29 is 28.8 Å². The zero-order valence-electron chi connectivity index (χ0n) is 23.4. The fourth-order valence-electron chi connectivity index (χ4n) is 3.68. The Hall–Kier alpha value is -3.71. The molecule has 1 amide bonds. The van der Waals surface area contributed by atoms with Crippen molar-refractivity contribution in [3.05, 3.63) is 82.9 Å². The predicted molar refractivity (Wildman–Crippen MR) is 150 cm³/mol. The molecule has 3 aromatic rings. The molecule has 0 saturated carbocycles. The quantitative estimate of drug-likeness (QED) is 0.305. The van der Waals surface area contributed by atoms with Gasteiger partial charge < -0.3 is 29.8 Å². The van der Waals surface area contributed by atoms with Crippen molar-refractivity contribution in [2.24, 2.45) is 5.73 Å². The number of benzene rings is 3. The van der Waals surface area contributed by atoms with Crippen LogP contribution in [-0.2, 0) is 24.2 Å². The molecular weight excluding hydrogens is 482 g/mol. The van der Waals surface area contributed by atoms with Crippen molar-refractivity contribution in [1.82, 2.24) is 0 Å². The van der Waals surface area contributed by atoms with Crippen LogP contribution in [-0.4, -0.2) is 30.5 Å². The maximum absolute atomic E-state index is 10.0. The van der Waals surface area contributed by atoms with E-state index in [9.17, 15) is 4.79 Å². The molecule has 0 aliphatic carbocycles. The van der Waals surface area contributed by atoms with Crippen LogP contribution in [0.2, 0.25) is 0 Å². The van der Waals surface area contributed by atoms with Gasteiger partial charge in [0.15, 0.2) is 0 Å². The van der Waals surface area contributed by atoms with E-state index in [1.165, 1.54) is 11.1 Å². The Balaban J connectivity index is 0.000000550. The Morgan fingerprint density at radius 3 is 2.03 bits per heavy atom. The molecule has 206 valence electrons. The normalized spacial score (nSPS) is 10.7. The summed E-state index contributed by atoms with van der Waals surface area (Å²) in [7, 11) is 1.66. The standard InChI is InChI=1S/C26H30O4.C5H11NO2/c1-4-22-17-21(6-5-15-27)16-19(2)26(22)30-25-13-11-24(12-14-25)29-18-20-7-9-23(28-3)10-8-20;1-5(2,3)8-4(6)7/h7-14,16-17,27H,4-6,15,18H2,1-3H3;1-3H3,(H2,6,7). The lowest BCUT2D eigenvalue weighted by Gasteiger charge is -2.16. The zero-order valence-corrected chi connectivity index (χ0v) is 23.4. The number of hydrogen-bond donors (Lipinski definition) is 2. The lowest BCUT2D eigenvalue weighted by Crippen LogP contribution is -2.27. The van der Waals surface area contributed by atoms with Gasteiger partial charge in [-0.1, -0.05) is 31.2 Å². The molecule has 0 aromatic heterocycles. The number of rotatable bonds is 10. The van der Waals surface area contributed by atoms with Gasteiger partial charge in [0.25, 0.3) is 0 Å². The molecular formula is C31H41NO6. The number of carbonyl (C=O) groups excluding carboxylic acids is 1. The second kappa shape index (κ2) is 14.9. The molecule has 3 aromatic carbocycles. The van der Waals surface area contributed by atoms with Crippen molar-refractivity contribution >= 4 is 6.09 Å². The Morgan fingerprint density at radius 1 is 0.921 bits per heavy atom. The number of hydrogen-bond acceptors (Lipinski definition) is 6. The second-order valence-electron chi connectivity index (χ2n) is 9.83. The number of aliphatic hydroxyl groups excluding tert-OH is 1. The van der Waals surface area contributed by atoms with Gasteiger partial charge in [-0.3, -0.25) is 0 Å². The molecule has 0 heterocycles. The highest BCUT2D eigenvalue weighted by Crippen LogP contribution is 2.32. The molecule has 7 nitrogen and oxygen atoms in total. The maximum atomic E-state index is 10.0. The fraction of sp³-hybridized carbons (Fsp3) is 0.387. The Bertz CT molecular complexity index is 1130. The number of amides is 1. The molecule has 38 heavy (non-hydrogen) atoms. The van der Waals surface area contributed by atoms with E-state index in [1.54, 1.807) is 27.9 Å². The summed E-state index contributed by atoms with van der Waals surface area (Å²) >= 11 is 0. The average Bonchev–Trinajstić information content (AvgIpc) is 2.87. The minimum Gasteiger partial charge on any atom is -0.497 e. The van der Waals surface area contributed by atoms with Crippen molar-refractivity contribution in [2.75, 3.05) is 13.7 Å². The second-order valence-corrected chi connectivity index (χ2v) is 9.83. The van der Waals surface area contributed by atoms with Crippen molar-refractivity contribution in [3.63, 3.8) is 0 Å². The minimum atomic E-state index is -0.725. The zero-order chi connectivity index (χ0) is 28.1. The van der Waals surface area contributed by atoms with Crippen LogP contribution in [0.5, 0.6) is 23.0 Å². The van der Waals surface area contributed by atoms with Gasteiger partial charge in [0, 0.05) is 6.61 Å². The maximum Gasteiger partial charge on any atom is 0.405 e. The number of primary amides is 1. The van der Waals surface area contributed by atoms with E-state index < -0.39 is 11.7 Å². The Labute approximate surface area is 226 Å². The summed E-state index contributed by atoms with van der Waals surface area (Å²) in [6, 6.07) is 19.9. The molecule has 0 unspecified atom stereocenters. The third-order valence-electron chi connectivity index (χ3n) is 5.43. The van der Waals surface area contributed by atoms with E-state index in [1.807, 2.05) is 48.5 Å². The van der Waals surface area contributed by atoms with E-state index in [2.05, 4.69) is 30.7 Å². The molecule has 0 aliphatic heterocycles. The van der Waals surface area contributed by atoms with Crippen molar-refractivity contribution in [2.45, 2.75) is 66.1 Å². The van der Waals surface area contributed by atoms with Crippen LogP contribution in [0.3, 0.4) is 0 Å². The third-order valence-corrected chi connectivity index (χ3v) is 5.43. The molecule has 0 atom stereocenters. The first-order valence-electron chi connectivity index (χ1n) is 12.8. The first-order valence-corrected chi connectivity index (χ1v) is 12.8. The van der Waals surface area contributed by atoms with Crippen LogP contribution in [0.4, 0.5) is 4.79 Å². The SMILES string of the molecule is CC(C)(C)OC(N)=O.CCc1cc(CCCO)cc(C)c1Oc1ccc(OCc2ccc(OC)cc2)cc1. The largest absolute Gasteiger partial charge is 0.497 e. The highest BCUT2D eigenvalue weighted by molar-refractivity contribution is 5.65. The van der Waals surface area contributed by atoms with Gasteiger partial charge in [0.05, 0.1) is 7.11 Å². The van der Waals surface area contributed by atoms with Crippen LogP contribution >= 0.6 is 0 Å². The number of aliphatic hydroxyl groups is 1. The molecule has 3 N–H and O–H groups in total. The Morgan fingerprint density at radius 2 is 1.53 bits per heavy atom. The van der Waals surface area contributed by atoms with Crippen LogP contribution in [0.25, 0.3) is 0 Å². The Kier molecular flexibility index (Phi) is 12.0. The monoisotopic (exact) mass is 523 g/mol. The summed E-state index contributed by atoms with van der Waals surface area (Å²) in [6.45, 7) is 10.2. The fourth-order valence-corrected chi connectivity index (χ4v) is 3.68. The van der Waals surface area contributed by atoms with E-state index in [0.717, 1.165) is 53.4 Å². The summed E-state index contributed by atoms with van der Waals surface area (Å²) in [5, 5.41) is 9.08. The summed E-state index contributed by atoms with van der Waals surface area (Å²) in [6.07, 6.45) is 1.83. The van der Waals surface area contributed by atoms with Crippen LogP contribution in [0, 0.1) is 6.92 Å². The van der Waals surface area contributed by atoms with Gasteiger partial charge in [-0.2, -0.15) is 0 Å². The lowest BCUT2D eigenvalue weighted by molar-refractivity contribution is 0.0600. The highest BCUT2D eigenvalue weighted by atomic mass is 16.6. The summed E-state index contributed by atoms with van der Waals surface area (Å²) in [4.78, 5) is 10.0. The summed E-state index contributed by atoms with van der Waals surface area (Å²) < 4.78 is 21.8. The molecule has 0 radical (unpaired) electrons. The molecule has 0 aliphatic rings. The van der Waals surface area contributed by atoms with Gasteiger partial charge in [0.1, 0.15) is 35.2 Å². The van der Waals surface area contributed by atoms with Crippen LogP contribution in [0.1, 0.15) is 56.4 Å². The molecule has 0 spiro atoms. The number of ether oxygens (including phenoxy) is 4. The van der Waals surface area contributed by atoms with Gasteiger partial charge in [-0.15, -0.1) is 0 Å². The minimum absolute atomic E-state index is 0.214. The molecule has 3 rings (SSSR count). The predicted octanol–water partition coefficient (Wildman–Crippen LogP) is 6.74. The first-order chi connectivity index (χ1) is 18.0. The van der Waals surface area contributed by atoms with E-state index in [0.29, 0.717) is 6.61 Å². The van der Waals surface area contributed by atoms with E-state index in [4.69, 9.17) is 25.1 Å². The molecule has 0 fully saturated rings. The lowest BCUT2D eigenvalue weighted by atomic mass is 10.00. The van der Waals surface area contributed by atoms with E-state index in [-0.39, 0.29) is 6.61 Å². The number of aryl methyl sites for hydroxylation is 3. The van der Waals surface area contributed by atoms with Gasteiger partial charge in [-0.05, 0) is 106 Å². The van der Waals surface area contributed by atoms with Crippen molar-refractivity contribution in [1.29, 1.82) is 0 Å². The number of methoxy groups -OCH3 is 1. The number of nitrogens with two attached hydrogens (primary N) is 1. The van der Waals surface area contributed by atoms with Crippen LogP contribution in [0.15, 0.2) is 60.7 Å². The summed E-state index contributed by atoms with van der Waals surface area (Å²) in [5.74, 6) is 3.33. The number of carbonyl (C=O) groups is 1. The van der Waals surface area contributed by atoms with Crippen LogP contribution < -0.4 is 19.9 Å². The average molecular weight is 524 g/mol. The molecule has 7 heteroatoms. The third kappa shape index (κ3) is 10.7. The van der Waals surface area contributed by atoms with Gasteiger partial charge in [0.2, 0.25) is 0 Å². The first kappa shape index (κ1) is 30.5. The molecule has 0 bridgehead atoms. The van der Waals surface area contributed by atoms with Gasteiger partial charge >= 0.3 is 6.09 Å². The smallest absolute Gasteiger partial charge is 0.405 e. The van der Waals surface area contributed by atoms with E-state index >= 15 is 0 Å².